The molecule has 2 fully saturated rings. The highest BCUT2D eigenvalue weighted by molar-refractivity contribution is 5.94. The average molecular weight is 505 g/mol. The van der Waals surface area contributed by atoms with Crippen molar-refractivity contribution < 1.29 is 14.3 Å². The number of β-amino-alcohol motifs (C(OH)–C–C–N with tert-alkyl or cyclic N) is 1. The van der Waals surface area contributed by atoms with Gasteiger partial charge in [-0.25, -0.2) is 9.37 Å². The molecule has 37 heavy (non-hydrogen) atoms. The molecule has 0 spiro atoms. The number of hydrogen-bond acceptors (Lipinski definition) is 7. The van der Waals surface area contributed by atoms with E-state index in [1.54, 1.807) is 48.4 Å². The van der Waals surface area contributed by atoms with Crippen molar-refractivity contribution in [2.45, 2.75) is 38.2 Å². The van der Waals surface area contributed by atoms with Crippen molar-refractivity contribution >= 4 is 29.0 Å². The molecule has 5 rings (SSSR count). The molecular weight excluding hydrogens is 471 g/mol. The highest BCUT2D eigenvalue weighted by atomic mass is 19.1. The minimum absolute atomic E-state index is 0.0665. The number of aliphatic hydroxyl groups is 1. The van der Waals surface area contributed by atoms with E-state index in [2.05, 4.69) is 25.5 Å². The number of aryl methyl sites for hydroxylation is 1. The van der Waals surface area contributed by atoms with Crippen molar-refractivity contribution in [2.24, 2.45) is 0 Å². The van der Waals surface area contributed by atoms with Crippen LogP contribution in [0.2, 0.25) is 0 Å². The summed E-state index contributed by atoms with van der Waals surface area (Å²) in [5, 5.41) is 17.5. The van der Waals surface area contributed by atoms with E-state index in [1.807, 2.05) is 12.1 Å². The third-order valence-corrected chi connectivity index (χ3v) is 7.03. The summed E-state index contributed by atoms with van der Waals surface area (Å²) in [6.45, 7) is 5.42. The fourth-order valence-electron chi connectivity index (χ4n) is 5.14. The van der Waals surface area contributed by atoms with Crippen LogP contribution >= 0.6 is 0 Å². The molecule has 9 heteroatoms. The molecule has 0 aliphatic carbocycles. The predicted molar refractivity (Wildman–Crippen MR) is 142 cm³/mol. The van der Waals surface area contributed by atoms with Gasteiger partial charge in [-0.3, -0.25) is 4.79 Å². The molecule has 3 N–H and O–H groups in total. The molecule has 3 heterocycles. The van der Waals surface area contributed by atoms with Gasteiger partial charge in [0.25, 0.3) is 5.91 Å². The number of nitrogens with zero attached hydrogens (tertiary/aromatic N) is 4. The van der Waals surface area contributed by atoms with Gasteiger partial charge in [0.15, 0.2) is 0 Å². The number of halogens is 1. The Hall–Kier alpha value is -3.56. The Kier molecular flexibility index (Phi) is 7.34. The first-order chi connectivity index (χ1) is 17.9. The lowest BCUT2D eigenvalue weighted by Gasteiger charge is -2.41. The van der Waals surface area contributed by atoms with Crippen molar-refractivity contribution in [1.82, 2.24) is 19.8 Å². The quantitative estimate of drug-likeness (QED) is 0.437. The van der Waals surface area contributed by atoms with E-state index in [4.69, 9.17) is 0 Å². The van der Waals surface area contributed by atoms with Gasteiger partial charge < -0.3 is 25.5 Å². The molecule has 3 aromatic rings. The van der Waals surface area contributed by atoms with Crippen LogP contribution in [0.25, 0.3) is 0 Å². The minimum Gasteiger partial charge on any atom is -0.387 e. The van der Waals surface area contributed by atoms with Crippen LogP contribution in [-0.2, 0) is 0 Å². The summed E-state index contributed by atoms with van der Waals surface area (Å²) < 4.78 is 13.5. The first-order valence-corrected chi connectivity index (χ1v) is 12.8. The van der Waals surface area contributed by atoms with Crippen LogP contribution in [-0.4, -0.2) is 69.1 Å². The Morgan fingerprint density at radius 2 is 1.78 bits per heavy atom. The summed E-state index contributed by atoms with van der Waals surface area (Å²) in [5.74, 6) is 0.645. The van der Waals surface area contributed by atoms with Crippen LogP contribution in [0, 0.1) is 12.7 Å². The number of rotatable bonds is 7. The molecule has 0 radical (unpaired) electrons. The zero-order valence-electron chi connectivity index (χ0n) is 21.1. The van der Waals surface area contributed by atoms with E-state index in [0.29, 0.717) is 42.5 Å². The van der Waals surface area contributed by atoms with Gasteiger partial charge in [-0.2, -0.15) is 4.98 Å². The second-order valence-corrected chi connectivity index (χ2v) is 10.1. The van der Waals surface area contributed by atoms with Gasteiger partial charge in [-0.1, -0.05) is 0 Å². The van der Waals surface area contributed by atoms with Crippen molar-refractivity contribution in [2.75, 3.05) is 43.4 Å². The molecule has 2 aliphatic heterocycles. The van der Waals surface area contributed by atoms with Crippen molar-refractivity contribution in [3.05, 3.63) is 71.7 Å². The standard InChI is InChI=1S/C28H33FN6O2/c1-20-17-23(9-10-24(20)29)31-25-11-13-30-27(33-25)32-22-7-5-21(6-8-22)26(36)35-16-4-12-28(37,19-35)18-34-14-2-3-15-34/h5-11,13,17,37H,2-4,12,14-16,18-19H2,1H3,(H2,30,31,32,33). The number of likely N-dealkylation sites (tertiary alicyclic amines) is 2. The summed E-state index contributed by atoms with van der Waals surface area (Å²) in [6, 6.07) is 13.7. The number of carbonyl (C=O) groups is 1. The molecule has 8 nitrogen and oxygen atoms in total. The van der Waals surface area contributed by atoms with Crippen molar-refractivity contribution in [1.29, 1.82) is 0 Å². The van der Waals surface area contributed by atoms with Gasteiger partial charge in [0, 0.05) is 36.2 Å². The Labute approximate surface area is 216 Å². The van der Waals surface area contributed by atoms with Crippen LogP contribution in [0.3, 0.4) is 0 Å². The third kappa shape index (κ3) is 6.23. The second-order valence-electron chi connectivity index (χ2n) is 10.1. The average Bonchev–Trinajstić information content (AvgIpc) is 3.39. The SMILES string of the molecule is Cc1cc(Nc2ccnc(Nc3ccc(C(=O)N4CCCC(O)(CN5CCCC5)C4)cc3)n2)ccc1F. The van der Waals surface area contributed by atoms with E-state index in [-0.39, 0.29) is 11.7 Å². The molecule has 2 saturated heterocycles. The number of carbonyl (C=O) groups excluding carboxylic acids is 1. The van der Waals surface area contributed by atoms with Gasteiger partial charge in [0.2, 0.25) is 5.95 Å². The van der Waals surface area contributed by atoms with Crippen LogP contribution in [0.1, 0.15) is 41.6 Å². The predicted octanol–water partition coefficient (Wildman–Crippen LogP) is 4.47. The summed E-state index contributed by atoms with van der Waals surface area (Å²) >= 11 is 0. The first-order valence-electron chi connectivity index (χ1n) is 12.8. The fraction of sp³-hybridized carbons (Fsp3) is 0.393. The minimum atomic E-state index is -0.844. The van der Waals surface area contributed by atoms with Crippen LogP contribution in [0.4, 0.5) is 27.5 Å². The van der Waals surface area contributed by atoms with E-state index < -0.39 is 5.60 Å². The number of amides is 1. The maximum Gasteiger partial charge on any atom is 0.253 e. The highest BCUT2D eigenvalue weighted by Gasteiger charge is 2.37. The number of hydrogen-bond donors (Lipinski definition) is 3. The van der Waals surface area contributed by atoms with E-state index in [1.165, 1.54) is 18.9 Å². The molecule has 0 bridgehead atoms. The molecule has 1 amide bonds. The maximum absolute atomic E-state index is 13.5. The van der Waals surface area contributed by atoms with Gasteiger partial charge in [-0.05, 0) is 99.8 Å². The van der Waals surface area contributed by atoms with E-state index in [0.717, 1.165) is 37.3 Å². The first kappa shape index (κ1) is 25.1. The van der Waals surface area contributed by atoms with Crippen molar-refractivity contribution in [3.63, 3.8) is 0 Å². The lowest BCUT2D eigenvalue weighted by Crippen LogP contribution is -2.55. The number of nitrogens with one attached hydrogen (secondary N) is 2. The molecule has 2 aliphatic rings. The maximum atomic E-state index is 13.5. The summed E-state index contributed by atoms with van der Waals surface area (Å²) in [6.07, 6.45) is 5.52. The molecule has 0 saturated carbocycles. The smallest absolute Gasteiger partial charge is 0.253 e. The highest BCUT2D eigenvalue weighted by Crippen LogP contribution is 2.26. The molecule has 1 aromatic heterocycles. The molecule has 194 valence electrons. The van der Waals surface area contributed by atoms with Crippen LogP contribution < -0.4 is 10.6 Å². The van der Waals surface area contributed by atoms with E-state index >= 15 is 0 Å². The van der Waals surface area contributed by atoms with Crippen LogP contribution in [0.5, 0.6) is 0 Å². The lowest BCUT2D eigenvalue weighted by atomic mass is 9.91. The number of aromatic nitrogens is 2. The third-order valence-electron chi connectivity index (χ3n) is 7.03. The van der Waals surface area contributed by atoms with Gasteiger partial charge in [-0.15, -0.1) is 0 Å². The van der Waals surface area contributed by atoms with Gasteiger partial charge in [0.1, 0.15) is 11.6 Å². The lowest BCUT2D eigenvalue weighted by molar-refractivity contribution is -0.0431. The monoisotopic (exact) mass is 504 g/mol. The molecule has 2 aromatic carbocycles. The van der Waals surface area contributed by atoms with Crippen LogP contribution in [0.15, 0.2) is 54.7 Å². The fourth-order valence-corrected chi connectivity index (χ4v) is 5.14. The zero-order chi connectivity index (χ0) is 25.8. The summed E-state index contributed by atoms with van der Waals surface area (Å²) in [5.41, 5.74) is 1.77. The number of piperidine rings is 1. The van der Waals surface area contributed by atoms with Gasteiger partial charge in [0.05, 0.1) is 12.1 Å². The number of benzene rings is 2. The molecular formula is C28H33FN6O2. The Morgan fingerprint density at radius 3 is 2.54 bits per heavy atom. The van der Waals surface area contributed by atoms with Crippen molar-refractivity contribution in [3.8, 4) is 0 Å². The Balaban J connectivity index is 1.20. The Bertz CT molecular complexity index is 1250. The molecule has 1 unspecified atom stereocenters. The Morgan fingerprint density at radius 1 is 1.03 bits per heavy atom. The topological polar surface area (TPSA) is 93.6 Å². The second kappa shape index (κ2) is 10.8. The largest absolute Gasteiger partial charge is 0.387 e. The normalized spacial score (nSPS) is 20.1. The number of anilines is 4. The summed E-state index contributed by atoms with van der Waals surface area (Å²) in [7, 11) is 0. The molecule has 1 atom stereocenters. The zero-order valence-corrected chi connectivity index (χ0v) is 21.1. The van der Waals surface area contributed by atoms with E-state index in [9.17, 15) is 14.3 Å². The summed E-state index contributed by atoms with van der Waals surface area (Å²) in [4.78, 5) is 26.0. The van der Waals surface area contributed by atoms with Gasteiger partial charge >= 0.3 is 0 Å².